The van der Waals surface area contributed by atoms with Crippen LogP contribution < -0.4 is 0 Å². The van der Waals surface area contributed by atoms with Crippen LogP contribution in [0.1, 0.15) is 45.6 Å². The van der Waals surface area contributed by atoms with Crippen LogP contribution in [0.4, 0.5) is 0 Å². The number of rotatable bonds is 7. The van der Waals surface area contributed by atoms with Crippen molar-refractivity contribution in [2.75, 3.05) is 0 Å². The molecular formula is C16H22O3. The van der Waals surface area contributed by atoms with Gasteiger partial charge in [-0.2, -0.15) is 0 Å². The summed E-state index contributed by atoms with van der Waals surface area (Å²) in [4.78, 5) is 23.9. The molecule has 1 unspecified atom stereocenters. The first-order valence-corrected chi connectivity index (χ1v) is 6.73. The summed E-state index contributed by atoms with van der Waals surface area (Å²) in [6, 6.07) is 9.48. The van der Waals surface area contributed by atoms with Crippen LogP contribution in [0.2, 0.25) is 0 Å². The third-order valence-electron chi connectivity index (χ3n) is 3.47. The fourth-order valence-corrected chi connectivity index (χ4v) is 1.83. The molecule has 3 nitrogen and oxygen atoms in total. The Morgan fingerprint density at radius 3 is 2.37 bits per heavy atom. The Morgan fingerprint density at radius 1 is 1.21 bits per heavy atom. The van der Waals surface area contributed by atoms with Gasteiger partial charge in [0.05, 0.1) is 0 Å². The molecule has 0 fully saturated rings. The number of Topliss-reactive ketones (excluding diaryl/α,β-unsaturated/α-hetero) is 1. The maximum Gasteiger partial charge on any atom is 0.319 e. The minimum atomic E-state index is -1.01. The maximum absolute atomic E-state index is 12.1. The summed E-state index contributed by atoms with van der Waals surface area (Å²) in [6.07, 6.45) is 2.35. The largest absolute Gasteiger partial charge is 0.460 e. The topological polar surface area (TPSA) is 43.4 Å². The van der Waals surface area contributed by atoms with Gasteiger partial charge in [0, 0.05) is 0 Å². The quantitative estimate of drug-likeness (QED) is 0.558. The van der Waals surface area contributed by atoms with Crippen LogP contribution in [-0.2, 0) is 20.9 Å². The van der Waals surface area contributed by atoms with Crippen LogP contribution in [0.5, 0.6) is 0 Å². The van der Waals surface area contributed by atoms with Crippen molar-refractivity contribution in [2.45, 2.75) is 46.6 Å². The normalized spacial score (nSPS) is 13.6. The number of hydrogen-bond donors (Lipinski definition) is 0. The van der Waals surface area contributed by atoms with Gasteiger partial charge < -0.3 is 4.74 Å². The Hall–Kier alpha value is -1.64. The first-order chi connectivity index (χ1) is 9.00. The smallest absolute Gasteiger partial charge is 0.319 e. The molecular weight excluding hydrogens is 240 g/mol. The predicted molar refractivity (Wildman–Crippen MR) is 74.6 cm³/mol. The second kappa shape index (κ2) is 7.07. The fraction of sp³-hybridized carbons (Fsp3) is 0.500. The van der Waals surface area contributed by atoms with Crippen LogP contribution in [-0.4, -0.2) is 11.8 Å². The van der Waals surface area contributed by atoms with Gasteiger partial charge in [-0.15, -0.1) is 0 Å². The second-order valence-electron chi connectivity index (χ2n) is 5.05. The van der Waals surface area contributed by atoms with Gasteiger partial charge in [-0.1, -0.05) is 50.1 Å². The lowest BCUT2D eigenvalue weighted by Gasteiger charge is -2.24. The monoisotopic (exact) mass is 262 g/mol. The number of ether oxygens (including phenoxy) is 1. The minimum Gasteiger partial charge on any atom is -0.460 e. The highest BCUT2D eigenvalue weighted by Gasteiger charge is 2.39. The molecule has 0 heterocycles. The van der Waals surface area contributed by atoms with E-state index in [4.69, 9.17) is 4.74 Å². The third kappa shape index (κ3) is 4.19. The zero-order chi connectivity index (χ0) is 14.3. The first-order valence-electron chi connectivity index (χ1n) is 6.73. The average Bonchev–Trinajstić information content (AvgIpc) is 2.42. The highest BCUT2D eigenvalue weighted by molar-refractivity contribution is 6.02. The number of esters is 1. The maximum atomic E-state index is 12.1. The number of carbonyl (C=O) groups is 2. The summed E-state index contributed by atoms with van der Waals surface area (Å²) >= 11 is 0. The number of ketones is 1. The Bertz CT molecular complexity index is 425. The van der Waals surface area contributed by atoms with Crippen LogP contribution in [0.15, 0.2) is 30.3 Å². The molecule has 1 aromatic carbocycles. The molecule has 1 atom stereocenters. The Labute approximate surface area is 115 Å². The summed E-state index contributed by atoms with van der Waals surface area (Å²) in [5.74, 6) is -0.545. The zero-order valence-electron chi connectivity index (χ0n) is 11.9. The highest BCUT2D eigenvalue weighted by Crippen LogP contribution is 2.27. The van der Waals surface area contributed by atoms with Gasteiger partial charge in [-0.3, -0.25) is 9.59 Å². The van der Waals surface area contributed by atoms with Gasteiger partial charge in [-0.05, 0) is 25.8 Å². The van der Waals surface area contributed by atoms with E-state index in [0.29, 0.717) is 6.42 Å². The van der Waals surface area contributed by atoms with Crippen molar-refractivity contribution in [2.24, 2.45) is 5.41 Å². The highest BCUT2D eigenvalue weighted by atomic mass is 16.5. The lowest BCUT2D eigenvalue weighted by atomic mass is 9.81. The van der Waals surface area contributed by atoms with E-state index in [1.807, 2.05) is 37.3 Å². The molecule has 0 radical (unpaired) electrons. The van der Waals surface area contributed by atoms with E-state index in [9.17, 15) is 9.59 Å². The fourth-order valence-electron chi connectivity index (χ4n) is 1.83. The van der Waals surface area contributed by atoms with E-state index < -0.39 is 11.4 Å². The van der Waals surface area contributed by atoms with E-state index >= 15 is 0 Å². The molecule has 3 heteroatoms. The second-order valence-corrected chi connectivity index (χ2v) is 5.05. The average molecular weight is 262 g/mol. The molecule has 0 aliphatic heterocycles. The molecule has 0 aromatic heterocycles. The van der Waals surface area contributed by atoms with Gasteiger partial charge in [0.2, 0.25) is 0 Å². The summed E-state index contributed by atoms with van der Waals surface area (Å²) in [7, 11) is 0. The number of benzene rings is 1. The van der Waals surface area contributed by atoms with Crippen molar-refractivity contribution in [3.63, 3.8) is 0 Å². The lowest BCUT2D eigenvalue weighted by Crippen LogP contribution is -2.36. The van der Waals surface area contributed by atoms with Crippen LogP contribution in [0.3, 0.4) is 0 Å². The van der Waals surface area contributed by atoms with Crippen molar-refractivity contribution >= 4 is 11.8 Å². The van der Waals surface area contributed by atoms with Crippen molar-refractivity contribution < 1.29 is 14.3 Å². The Morgan fingerprint density at radius 2 is 1.84 bits per heavy atom. The van der Waals surface area contributed by atoms with Crippen molar-refractivity contribution in [1.29, 1.82) is 0 Å². The van der Waals surface area contributed by atoms with Gasteiger partial charge >= 0.3 is 5.97 Å². The van der Waals surface area contributed by atoms with E-state index in [1.54, 1.807) is 6.92 Å². The molecule has 0 amide bonds. The van der Waals surface area contributed by atoms with E-state index in [0.717, 1.165) is 18.4 Å². The van der Waals surface area contributed by atoms with Gasteiger partial charge in [0.15, 0.2) is 0 Å². The van der Waals surface area contributed by atoms with Crippen molar-refractivity contribution in [3.05, 3.63) is 35.9 Å². The standard InChI is InChI=1S/C16H22O3/c1-4-5-11-16(3,13(2)17)15(18)19-12-14-9-7-6-8-10-14/h6-10H,4-5,11-12H2,1-3H3. The summed E-state index contributed by atoms with van der Waals surface area (Å²) in [6.45, 7) is 5.39. The molecule has 0 N–H and O–H groups in total. The van der Waals surface area contributed by atoms with E-state index in [2.05, 4.69) is 0 Å². The molecule has 0 bridgehead atoms. The first kappa shape index (κ1) is 15.4. The number of unbranched alkanes of at least 4 members (excludes halogenated alkanes) is 1. The summed E-state index contributed by atoms with van der Waals surface area (Å²) in [5.41, 5.74) is -0.0811. The Kier molecular flexibility index (Phi) is 5.74. The minimum absolute atomic E-state index is 0.126. The number of hydrogen-bond acceptors (Lipinski definition) is 3. The molecule has 0 spiro atoms. The molecule has 0 aliphatic carbocycles. The van der Waals surface area contributed by atoms with Crippen molar-refractivity contribution in [3.8, 4) is 0 Å². The lowest BCUT2D eigenvalue weighted by molar-refractivity contribution is -0.160. The van der Waals surface area contributed by atoms with Gasteiger partial charge in [0.1, 0.15) is 17.8 Å². The molecule has 1 rings (SSSR count). The summed E-state index contributed by atoms with van der Waals surface area (Å²) in [5, 5.41) is 0. The number of carbonyl (C=O) groups excluding carboxylic acids is 2. The van der Waals surface area contributed by atoms with E-state index in [-0.39, 0.29) is 12.4 Å². The predicted octanol–water partition coefficient (Wildman–Crippen LogP) is 3.52. The van der Waals surface area contributed by atoms with E-state index in [1.165, 1.54) is 6.92 Å². The Balaban J connectivity index is 2.65. The van der Waals surface area contributed by atoms with Crippen LogP contribution >= 0.6 is 0 Å². The molecule has 19 heavy (non-hydrogen) atoms. The molecule has 104 valence electrons. The van der Waals surface area contributed by atoms with Gasteiger partial charge in [-0.25, -0.2) is 0 Å². The molecule has 0 aliphatic rings. The summed E-state index contributed by atoms with van der Waals surface area (Å²) < 4.78 is 5.29. The van der Waals surface area contributed by atoms with Crippen LogP contribution in [0.25, 0.3) is 0 Å². The molecule has 1 aromatic rings. The SMILES string of the molecule is CCCCC(C)(C(C)=O)C(=O)OCc1ccccc1. The molecule has 0 saturated carbocycles. The zero-order valence-corrected chi connectivity index (χ0v) is 11.9. The van der Waals surface area contributed by atoms with Crippen molar-refractivity contribution in [1.82, 2.24) is 0 Å². The molecule has 0 saturated heterocycles. The van der Waals surface area contributed by atoms with Gasteiger partial charge in [0.25, 0.3) is 0 Å². The third-order valence-corrected chi connectivity index (χ3v) is 3.47. The van der Waals surface area contributed by atoms with Crippen LogP contribution in [0, 0.1) is 5.41 Å².